The van der Waals surface area contributed by atoms with Crippen LogP contribution in [-0.2, 0) is 21.0 Å². The van der Waals surface area contributed by atoms with E-state index >= 15 is 0 Å². The van der Waals surface area contributed by atoms with Crippen LogP contribution in [-0.4, -0.2) is 51.5 Å². The Morgan fingerprint density at radius 2 is 1.47 bits per heavy atom. The lowest BCUT2D eigenvalue weighted by molar-refractivity contribution is -0.137. The number of anilines is 3. The van der Waals surface area contributed by atoms with E-state index in [1.54, 1.807) is 31.2 Å². The van der Waals surface area contributed by atoms with Crippen LogP contribution in [0.25, 0.3) is 0 Å². The third kappa shape index (κ3) is 8.14. The number of nitroso groups, excluding NO2 is 1. The van der Waals surface area contributed by atoms with Gasteiger partial charge < -0.3 is 20.2 Å². The second kappa shape index (κ2) is 13.9. The summed E-state index contributed by atoms with van der Waals surface area (Å²) < 4.78 is 79.2. The molecule has 49 heavy (non-hydrogen) atoms. The van der Waals surface area contributed by atoms with E-state index in [1.165, 1.54) is 30.3 Å². The summed E-state index contributed by atoms with van der Waals surface area (Å²) in [6.45, 7) is 3.79. The Bertz CT molecular complexity index is 1980. The van der Waals surface area contributed by atoms with Crippen molar-refractivity contribution in [3.05, 3.63) is 112 Å². The lowest BCUT2D eigenvalue weighted by Gasteiger charge is -2.37. The van der Waals surface area contributed by atoms with Gasteiger partial charge in [0.25, 0.3) is 15.9 Å². The largest absolute Gasteiger partial charge is 0.508 e. The number of halogens is 4. The van der Waals surface area contributed by atoms with Crippen molar-refractivity contribution in [1.29, 1.82) is 0 Å². The number of phenols is 1. The topological polar surface area (TPSA) is 148 Å². The second-order valence-corrected chi connectivity index (χ2v) is 12.9. The second-order valence-electron chi connectivity index (χ2n) is 11.2. The minimum absolute atomic E-state index is 0.0468. The summed E-state index contributed by atoms with van der Waals surface area (Å²) in [6, 6.07) is 17.5. The lowest BCUT2D eigenvalue weighted by atomic mass is 9.98. The molecule has 4 aromatic rings. The smallest absolute Gasteiger partial charge is 0.416 e. The standard InChI is InChI=1S/C33H29F4N5O6S/c1-20(31(44)38-24-6-4-23(5-7-24)33(35,36)37)22-16-26(18-27(43)17-22)42-14-12-41(13-15-42)25-8-2-21(3-9-25)32(45)40-49(47,48)28-10-11-29(34)30(19-28)39-46/h2-11,16-20,43H,12-15H2,1H3,(H,38,44)(H,40,45). The van der Waals surface area contributed by atoms with Gasteiger partial charge in [0.2, 0.25) is 5.91 Å². The quantitative estimate of drug-likeness (QED) is 0.140. The minimum atomic E-state index is -4.49. The van der Waals surface area contributed by atoms with Gasteiger partial charge in [-0.15, -0.1) is 4.91 Å². The Balaban J connectivity index is 1.19. The molecule has 0 bridgehead atoms. The molecule has 5 rings (SSSR count). The van der Waals surface area contributed by atoms with Gasteiger partial charge in [-0.1, -0.05) is 0 Å². The van der Waals surface area contributed by atoms with Gasteiger partial charge >= 0.3 is 6.18 Å². The van der Waals surface area contributed by atoms with Crippen LogP contribution >= 0.6 is 0 Å². The molecule has 0 aliphatic carbocycles. The predicted octanol–water partition coefficient (Wildman–Crippen LogP) is 6.14. The number of nitrogens with one attached hydrogen (secondary N) is 2. The highest BCUT2D eigenvalue weighted by atomic mass is 32.2. The molecule has 0 saturated carbocycles. The number of hydrogen-bond donors (Lipinski definition) is 3. The van der Waals surface area contributed by atoms with Crippen molar-refractivity contribution in [2.75, 3.05) is 41.3 Å². The summed E-state index contributed by atoms with van der Waals surface area (Å²) in [5, 5.41) is 15.5. The lowest BCUT2D eigenvalue weighted by Crippen LogP contribution is -2.46. The van der Waals surface area contributed by atoms with Crippen LogP contribution in [0.15, 0.2) is 95.0 Å². The molecule has 0 radical (unpaired) electrons. The molecule has 1 aliphatic heterocycles. The van der Waals surface area contributed by atoms with Crippen LogP contribution in [0.1, 0.15) is 34.3 Å². The minimum Gasteiger partial charge on any atom is -0.508 e. The first-order valence-corrected chi connectivity index (χ1v) is 16.2. The summed E-state index contributed by atoms with van der Waals surface area (Å²) in [5.74, 6) is -3.18. The fourth-order valence-electron chi connectivity index (χ4n) is 5.21. The average molecular weight is 700 g/mol. The number of amides is 2. The number of alkyl halides is 3. The number of carbonyl (C=O) groups excluding carboxylic acids is 2. The van der Waals surface area contributed by atoms with E-state index in [9.17, 15) is 45.6 Å². The maximum Gasteiger partial charge on any atom is 0.416 e. The molecular formula is C33H29F4N5O6S. The Kier molecular flexibility index (Phi) is 9.89. The highest BCUT2D eigenvalue weighted by Gasteiger charge is 2.30. The molecule has 3 N–H and O–H groups in total. The summed E-state index contributed by atoms with van der Waals surface area (Å²) in [7, 11) is -4.41. The molecule has 16 heteroatoms. The number of carbonyl (C=O) groups is 2. The van der Waals surface area contributed by atoms with E-state index in [1.807, 2.05) is 14.5 Å². The van der Waals surface area contributed by atoms with Crippen molar-refractivity contribution in [2.24, 2.45) is 5.18 Å². The van der Waals surface area contributed by atoms with Gasteiger partial charge in [-0.25, -0.2) is 17.5 Å². The molecule has 256 valence electrons. The fraction of sp³-hybridized carbons (Fsp3) is 0.212. The third-order valence-electron chi connectivity index (χ3n) is 7.99. The van der Waals surface area contributed by atoms with E-state index in [-0.39, 0.29) is 17.0 Å². The third-order valence-corrected chi connectivity index (χ3v) is 9.32. The Morgan fingerprint density at radius 1 is 0.857 bits per heavy atom. The van der Waals surface area contributed by atoms with Crippen LogP contribution < -0.4 is 19.8 Å². The molecule has 2 amide bonds. The van der Waals surface area contributed by atoms with Gasteiger partial charge in [-0.3, -0.25) is 9.59 Å². The molecule has 1 saturated heterocycles. The molecule has 1 unspecified atom stereocenters. The number of phenolic OH excluding ortho intramolecular Hbond substituents is 1. The van der Waals surface area contributed by atoms with Crippen molar-refractivity contribution >= 4 is 44.6 Å². The van der Waals surface area contributed by atoms with E-state index in [2.05, 4.69) is 10.5 Å². The zero-order valence-electron chi connectivity index (χ0n) is 25.7. The zero-order chi connectivity index (χ0) is 35.5. The van der Waals surface area contributed by atoms with Gasteiger partial charge in [-0.05, 0) is 96.5 Å². The molecular weight excluding hydrogens is 670 g/mol. The van der Waals surface area contributed by atoms with Gasteiger partial charge in [0, 0.05) is 54.9 Å². The Labute approximate surface area is 278 Å². The maximum absolute atomic E-state index is 13.5. The SMILES string of the molecule is CC(C(=O)Nc1ccc(C(F)(F)F)cc1)c1cc(O)cc(N2CCN(c3ccc(C(=O)NS(=O)(=O)c4ccc(F)c(N=O)c4)cc3)CC2)c1. The van der Waals surface area contributed by atoms with Crippen LogP contribution in [0.5, 0.6) is 5.75 Å². The monoisotopic (exact) mass is 699 g/mol. The predicted molar refractivity (Wildman–Crippen MR) is 174 cm³/mol. The molecule has 1 aliphatic rings. The summed E-state index contributed by atoms with van der Waals surface area (Å²) in [5.41, 5.74) is 0.670. The van der Waals surface area contributed by atoms with Crippen molar-refractivity contribution in [3.8, 4) is 5.75 Å². The molecule has 1 heterocycles. The van der Waals surface area contributed by atoms with Crippen molar-refractivity contribution in [3.63, 3.8) is 0 Å². The van der Waals surface area contributed by atoms with Crippen molar-refractivity contribution < 1.29 is 40.7 Å². The molecule has 0 spiro atoms. The molecule has 1 atom stereocenters. The number of nitrogens with zero attached hydrogens (tertiary/aromatic N) is 3. The first-order valence-electron chi connectivity index (χ1n) is 14.8. The van der Waals surface area contributed by atoms with E-state index in [4.69, 9.17) is 0 Å². The number of benzene rings is 4. The van der Waals surface area contributed by atoms with Crippen LogP contribution in [0.4, 0.5) is 40.3 Å². The first-order chi connectivity index (χ1) is 23.1. The van der Waals surface area contributed by atoms with E-state index in [0.29, 0.717) is 37.4 Å². The fourth-order valence-corrected chi connectivity index (χ4v) is 6.20. The van der Waals surface area contributed by atoms with Crippen LogP contribution in [0, 0.1) is 10.7 Å². The van der Waals surface area contributed by atoms with Crippen LogP contribution in [0.2, 0.25) is 0 Å². The van der Waals surface area contributed by atoms with Gasteiger partial charge in [0.05, 0.1) is 16.4 Å². The highest BCUT2D eigenvalue weighted by molar-refractivity contribution is 7.90. The number of rotatable bonds is 9. The van der Waals surface area contributed by atoms with Gasteiger partial charge in [0.1, 0.15) is 11.4 Å². The number of piperazine rings is 1. The Morgan fingerprint density at radius 3 is 2.06 bits per heavy atom. The van der Waals surface area contributed by atoms with Gasteiger partial charge in [-0.2, -0.15) is 13.2 Å². The number of sulfonamides is 1. The molecule has 11 nitrogen and oxygen atoms in total. The normalized spacial score (nSPS) is 14.2. The van der Waals surface area contributed by atoms with Gasteiger partial charge in [0.15, 0.2) is 5.82 Å². The molecule has 1 fully saturated rings. The average Bonchev–Trinajstić information content (AvgIpc) is 3.07. The maximum atomic E-state index is 13.5. The highest BCUT2D eigenvalue weighted by Crippen LogP contribution is 2.32. The summed E-state index contributed by atoms with van der Waals surface area (Å²) in [6.07, 6.45) is -4.49. The zero-order valence-corrected chi connectivity index (χ0v) is 26.6. The van der Waals surface area contributed by atoms with Crippen molar-refractivity contribution in [1.82, 2.24) is 4.72 Å². The molecule has 4 aromatic carbocycles. The Hall–Kier alpha value is -5.51. The summed E-state index contributed by atoms with van der Waals surface area (Å²) >= 11 is 0. The number of hydrogen-bond acceptors (Lipinski definition) is 9. The van der Waals surface area contributed by atoms with Crippen molar-refractivity contribution in [2.45, 2.75) is 23.9 Å². The number of aromatic hydroxyl groups is 1. The van der Waals surface area contributed by atoms with Crippen LogP contribution in [0.3, 0.4) is 0 Å². The first kappa shape index (κ1) is 34.8. The molecule has 0 aromatic heterocycles. The van der Waals surface area contributed by atoms with E-state index in [0.717, 1.165) is 36.0 Å². The van der Waals surface area contributed by atoms with E-state index < -0.39 is 55.9 Å². The summed E-state index contributed by atoms with van der Waals surface area (Å²) in [4.78, 5) is 39.9.